The number of halogens is 1. The summed E-state index contributed by atoms with van der Waals surface area (Å²) in [5.74, 6) is -1.88. The Morgan fingerprint density at radius 1 is 1.45 bits per heavy atom. The summed E-state index contributed by atoms with van der Waals surface area (Å²) >= 11 is 0. The lowest BCUT2D eigenvalue weighted by molar-refractivity contribution is -0.130. The van der Waals surface area contributed by atoms with Crippen molar-refractivity contribution >= 4 is 17.8 Å². The van der Waals surface area contributed by atoms with Gasteiger partial charge in [-0.1, -0.05) is 0 Å². The van der Waals surface area contributed by atoms with E-state index in [0.717, 1.165) is 12.1 Å². The first kappa shape index (κ1) is 12.4. The van der Waals surface area contributed by atoms with Gasteiger partial charge in [0.05, 0.1) is 0 Å². The number of imide groups is 1. The van der Waals surface area contributed by atoms with E-state index in [1.54, 1.807) is 0 Å². The molecule has 104 valence electrons. The van der Waals surface area contributed by atoms with E-state index in [2.05, 4.69) is 10.6 Å². The maximum Gasteiger partial charge on any atom is 0.322 e. The number of urea groups is 1. The highest BCUT2D eigenvalue weighted by Crippen LogP contribution is 2.41. The third-order valence-corrected chi connectivity index (χ3v) is 3.42. The van der Waals surface area contributed by atoms with Gasteiger partial charge in [0.25, 0.3) is 11.8 Å². The van der Waals surface area contributed by atoms with Gasteiger partial charge in [-0.25, -0.2) is 9.18 Å². The van der Waals surface area contributed by atoms with E-state index in [9.17, 15) is 18.8 Å². The normalized spacial score (nSPS) is 27.6. The quantitative estimate of drug-likeness (QED) is 0.601. The van der Waals surface area contributed by atoms with Crippen LogP contribution in [0.5, 0.6) is 5.75 Å². The van der Waals surface area contributed by atoms with Crippen molar-refractivity contribution in [2.24, 2.45) is 5.73 Å². The summed E-state index contributed by atoms with van der Waals surface area (Å²) in [6.45, 7) is 0. The number of primary amides is 1. The van der Waals surface area contributed by atoms with Crippen molar-refractivity contribution in [2.75, 3.05) is 0 Å². The number of carbonyl (C=O) groups excluding carboxylic acids is 3. The summed E-state index contributed by atoms with van der Waals surface area (Å²) in [5.41, 5.74) is 3.83. The number of nitrogens with two attached hydrogens (primary N) is 1. The van der Waals surface area contributed by atoms with E-state index in [1.807, 2.05) is 0 Å². The van der Waals surface area contributed by atoms with Crippen molar-refractivity contribution in [3.05, 3.63) is 29.6 Å². The minimum atomic E-state index is -1.54. The molecule has 4 amide bonds. The van der Waals surface area contributed by atoms with Crippen LogP contribution in [0.4, 0.5) is 9.18 Å². The van der Waals surface area contributed by atoms with Gasteiger partial charge in [0.15, 0.2) is 11.6 Å². The number of hydrogen-bond donors (Lipinski definition) is 3. The van der Waals surface area contributed by atoms with Crippen LogP contribution < -0.4 is 21.1 Å². The van der Waals surface area contributed by atoms with Crippen LogP contribution in [0.15, 0.2) is 18.2 Å². The number of ether oxygens (including phenoxy) is 1. The van der Waals surface area contributed by atoms with E-state index in [0.29, 0.717) is 0 Å². The van der Waals surface area contributed by atoms with Crippen molar-refractivity contribution in [2.45, 2.75) is 18.1 Å². The molecule has 2 heterocycles. The molecular formula is C12H10FN3O4. The number of rotatable bonds is 1. The number of benzene rings is 1. The number of nitrogens with one attached hydrogen (secondary N) is 2. The van der Waals surface area contributed by atoms with Crippen molar-refractivity contribution in [1.82, 2.24) is 10.6 Å². The predicted molar refractivity (Wildman–Crippen MR) is 63.0 cm³/mol. The minimum Gasteiger partial charge on any atom is -0.480 e. The molecule has 1 aromatic rings. The van der Waals surface area contributed by atoms with Crippen LogP contribution in [0, 0.1) is 5.82 Å². The molecule has 7 nitrogen and oxygen atoms in total. The van der Waals surface area contributed by atoms with Crippen molar-refractivity contribution in [3.8, 4) is 5.75 Å². The Hall–Kier alpha value is -2.64. The fourth-order valence-electron chi connectivity index (χ4n) is 2.51. The van der Waals surface area contributed by atoms with Crippen molar-refractivity contribution in [3.63, 3.8) is 0 Å². The molecule has 4 N–H and O–H groups in total. The SMILES string of the molecule is NC(=O)[C@@H]1CC2(NC(=O)NC2=O)c2cc(F)ccc2O1. The summed E-state index contributed by atoms with van der Waals surface area (Å²) in [4.78, 5) is 34.8. The largest absolute Gasteiger partial charge is 0.480 e. The van der Waals surface area contributed by atoms with E-state index in [4.69, 9.17) is 10.5 Å². The molecule has 0 aromatic heterocycles. The minimum absolute atomic E-state index is 0.138. The molecule has 0 bridgehead atoms. The first-order valence-corrected chi connectivity index (χ1v) is 5.82. The molecule has 0 radical (unpaired) electrons. The lowest BCUT2D eigenvalue weighted by Gasteiger charge is -2.36. The van der Waals surface area contributed by atoms with E-state index < -0.39 is 35.3 Å². The van der Waals surface area contributed by atoms with Gasteiger partial charge in [-0.2, -0.15) is 0 Å². The molecule has 2 aliphatic rings. The van der Waals surface area contributed by atoms with Gasteiger partial charge < -0.3 is 15.8 Å². The average Bonchev–Trinajstić information content (AvgIpc) is 2.65. The molecule has 0 aliphatic carbocycles. The highest BCUT2D eigenvalue weighted by atomic mass is 19.1. The Bertz CT molecular complexity index is 648. The van der Waals surface area contributed by atoms with Gasteiger partial charge in [0, 0.05) is 12.0 Å². The second kappa shape index (κ2) is 3.92. The summed E-state index contributed by atoms with van der Waals surface area (Å²) in [5, 5.41) is 4.51. The van der Waals surface area contributed by atoms with Gasteiger partial charge in [0.2, 0.25) is 0 Å². The molecule has 8 heteroatoms. The Balaban J connectivity index is 2.18. The van der Waals surface area contributed by atoms with Gasteiger partial charge in [-0.15, -0.1) is 0 Å². The van der Waals surface area contributed by atoms with Gasteiger partial charge in [0.1, 0.15) is 11.6 Å². The Kier molecular flexibility index (Phi) is 2.43. The van der Waals surface area contributed by atoms with E-state index >= 15 is 0 Å². The maximum atomic E-state index is 13.4. The van der Waals surface area contributed by atoms with Gasteiger partial charge >= 0.3 is 6.03 Å². The average molecular weight is 279 g/mol. The Labute approximate surface area is 112 Å². The zero-order valence-electron chi connectivity index (χ0n) is 10.1. The summed E-state index contributed by atoms with van der Waals surface area (Å²) in [6, 6.07) is 2.80. The number of amides is 4. The highest BCUT2D eigenvalue weighted by Gasteiger charge is 2.54. The molecule has 3 rings (SSSR count). The molecule has 2 aliphatic heterocycles. The van der Waals surface area contributed by atoms with Crippen LogP contribution >= 0.6 is 0 Å². The lowest BCUT2D eigenvalue weighted by Crippen LogP contribution is -2.53. The Morgan fingerprint density at radius 2 is 2.20 bits per heavy atom. The predicted octanol–water partition coefficient (Wildman–Crippen LogP) is -0.503. The molecule has 20 heavy (non-hydrogen) atoms. The van der Waals surface area contributed by atoms with Crippen LogP contribution in [-0.2, 0) is 15.1 Å². The van der Waals surface area contributed by atoms with Crippen LogP contribution in [0.3, 0.4) is 0 Å². The molecule has 1 saturated heterocycles. The molecule has 0 saturated carbocycles. The van der Waals surface area contributed by atoms with Crippen LogP contribution in [0.25, 0.3) is 0 Å². The van der Waals surface area contributed by atoms with E-state index in [-0.39, 0.29) is 17.7 Å². The summed E-state index contributed by atoms with van der Waals surface area (Å²) < 4.78 is 18.8. The maximum absolute atomic E-state index is 13.4. The molecular weight excluding hydrogens is 269 g/mol. The Morgan fingerprint density at radius 3 is 2.80 bits per heavy atom. The standard InChI is InChI=1S/C12H10FN3O4/c13-5-1-2-7-6(3-5)12(4-8(20-7)9(14)17)10(18)15-11(19)16-12/h1-3,8H,4H2,(H2,14,17)(H2,15,16,18,19)/t8-,12?/m0/s1. The fourth-order valence-corrected chi connectivity index (χ4v) is 2.51. The van der Waals surface area contributed by atoms with Crippen molar-refractivity contribution < 1.29 is 23.5 Å². The third kappa shape index (κ3) is 1.61. The number of hydrogen-bond acceptors (Lipinski definition) is 4. The number of carbonyl (C=O) groups is 3. The third-order valence-electron chi connectivity index (χ3n) is 3.42. The monoisotopic (exact) mass is 279 g/mol. The molecule has 1 spiro atoms. The van der Waals surface area contributed by atoms with Crippen LogP contribution in [0.2, 0.25) is 0 Å². The molecule has 2 atom stereocenters. The smallest absolute Gasteiger partial charge is 0.322 e. The first-order valence-electron chi connectivity index (χ1n) is 5.82. The second-order valence-electron chi connectivity index (χ2n) is 4.67. The lowest BCUT2D eigenvalue weighted by atomic mass is 9.81. The zero-order valence-corrected chi connectivity index (χ0v) is 10.1. The summed E-state index contributed by atoms with van der Waals surface area (Å²) in [6.07, 6.45) is -1.27. The highest BCUT2D eigenvalue weighted by molar-refractivity contribution is 6.08. The first-order chi connectivity index (χ1) is 9.42. The van der Waals surface area contributed by atoms with E-state index in [1.165, 1.54) is 6.07 Å². The zero-order chi connectivity index (χ0) is 14.5. The fraction of sp³-hybridized carbons (Fsp3) is 0.250. The molecule has 1 fully saturated rings. The topological polar surface area (TPSA) is 111 Å². The number of fused-ring (bicyclic) bond motifs is 2. The van der Waals surface area contributed by atoms with Crippen LogP contribution in [0.1, 0.15) is 12.0 Å². The summed E-state index contributed by atoms with van der Waals surface area (Å²) in [7, 11) is 0. The molecule has 1 unspecified atom stereocenters. The second-order valence-corrected chi connectivity index (χ2v) is 4.67. The van der Waals surface area contributed by atoms with Gasteiger partial charge in [-0.05, 0) is 18.2 Å². The van der Waals surface area contributed by atoms with Crippen LogP contribution in [-0.4, -0.2) is 23.9 Å². The van der Waals surface area contributed by atoms with Crippen molar-refractivity contribution in [1.29, 1.82) is 0 Å². The van der Waals surface area contributed by atoms with Gasteiger partial charge in [-0.3, -0.25) is 14.9 Å². The molecule has 1 aromatic carbocycles.